The fourth-order valence-corrected chi connectivity index (χ4v) is 1.81. The Balaban J connectivity index is 2.00. The molecule has 2 N–H and O–H groups in total. The molecule has 0 spiro atoms. The van der Waals surface area contributed by atoms with E-state index in [9.17, 15) is 14.9 Å². The number of anilines is 1. The van der Waals surface area contributed by atoms with Gasteiger partial charge in [0.2, 0.25) is 0 Å². The van der Waals surface area contributed by atoms with Gasteiger partial charge in [-0.2, -0.15) is 0 Å². The third-order valence-electron chi connectivity index (χ3n) is 2.80. The van der Waals surface area contributed by atoms with Gasteiger partial charge in [0.05, 0.1) is 11.0 Å². The maximum absolute atomic E-state index is 11.9. The molecule has 2 rings (SSSR count). The van der Waals surface area contributed by atoms with Crippen molar-refractivity contribution in [1.29, 1.82) is 0 Å². The summed E-state index contributed by atoms with van der Waals surface area (Å²) in [5.74, 6) is 0.601. The van der Waals surface area contributed by atoms with Crippen molar-refractivity contribution in [2.45, 2.75) is 13.0 Å². The van der Waals surface area contributed by atoms with Gasteiger partial charge in [0.25, 0.3) is 5.69 Å². The van der Waals surface area contributed by atoms with Crippen molar-refractivity contribution in [1.82, 2.24) is 20.1 Å². The van der Waals surface area contributed by atoms with Gasteiger partial charge >= 0.3 is 6.03 Å². The molecule has 9 heteroatoms. The number of aromatic nitrogens is 3. The van der Waals surface area contributed by atoms with Crippen molar-refractivity contribution in [3.8, 4) is 0 Å². The number of carbonyl (C=O) groups is 1. The number of hydrogen-bond acceptors (Lipinski definition) is 5. The van der Waals surface area contributed by atoms with E-state index in [1.165, 1.54) is 24.5 Å². The van der Waals surface area contributed by atoms with Gasteiger partial charge in [0.15, 0.2) is 5.82 Å². The number of benzene rings is 1. The summed E-state index contributed by atoms with van der Waals surface area (Å²) in [5, 5.41) is 23.5. The SMILES string of the molecule is C[C@H](NC(=O)Nc1cccc([N+](=O)[O-])c1)c1nncn1C. The second-order valence-electron chi connectivity index (χ2n) is 4.43. The van der Waals surface area contributed by atoms with Crippen LogP contribution in [0.25, 0.3) is 0 Å². The molecule has 21 heavy (non-hydrogen) atoms. The number of non-ortho nitro benzene ring substituents is 1. The maximum atomic E-state index is 11.9. The fourth-order valence-electron chi connectivity index (χ4n) is 1.81. The van der Waals surface area contributed by atoms with E-state index in [2.05, 4.69) is 20.8 Å². The highest BCUT2D eigenvalue weighted by Crippen LogP contribution is 2.17. The quantitative estimate of drug-likeness (QED) is 0.655. The zero-order valence-electron chi connectivity index (χ0n) is 11.5. The number of aryl methyl sites for hydroxylation is 1. The Kier molecular flexibility index (Phi) is 4.12. The van der Waals surface area contributed by atoms with Gasteiger partial charge in [0, 0.05) is 24.9 Å². The summed E-state index contributed by atoms with van der Waals surface area (Å²) in [6.45, 7) is 1.76. The molecule has 0 unspecified atom stereocenters. The van der Waals surface area contributed by atoms with Gasteiger partial charge in [-0.3, -0.25) is 10.1 Å². The molecule has 0 saturated carbocycles. The molecule has 0 aliphatic rings. The van der Waals surface area contributed by atoms with Crippen LogP contribution in [0.3, 0.4) is 0 Å². The lowest BCUT2D eigenvalue weighted by molar-refractivity contribution is -0.384. The van der Waals surface area contributed by atoms with Crippen LogP contribution in [0.5, 0.6) is 0 Å². The highest BCUT2D eigenvalue weighted by molar-refractivity contribution is 5.89. The summed E-state index contributed by atoms with van der Waals surface area (Å²) in [6.07, 6.45) is 1.53. The summed E-state index contributed by atoms with van der Waals surface area (Å²) in [4.78, 5) is 22.0. The smallest absolute Gasteiger partial charge is 0.319 e. The summed E-state index contributed by atoms with van der Waals surface area (Å²) in [7, 11) is 1.77. The molecule has 0 bridgehead atoms. The monoisotopic (exact) mass is 290 g/mol. The Morgan fingerprint density at radius 2 is 2.24 bits per heavy atom. The molecule has 0 aliphatic carbocycles. The number of urea groups is 1. The standard InChI is InChI=1S/C12H14N6O3/c1-8(11-16-13-7-17(11)2)14-12(19)15-9-4-3-5-10(6-9)18(20)21/h3-8H,1-2H3,(H2,14,15,19)/t8-/m0/s1. The second-order valence-corrected chi connectivity index (χ2v) is 4.43. The summed E-state index contributed by atoms with van der Waals surface area (Å²) >= 11 is 0. The summed E-state index contributed by atoms with van der Waals surface area (Å²) in [5.41, 5.74) is 0.251. The number of nitro groups is 1. The Morgan fingerprint density at radius 1 is 1.48 bits per heavy atom. The first kappa shape index (κ1) is 14.4. The molecule has 2 amide bonds. The van der Waals surface area contributed by atoms with E-state index >= 15 is 0 Å². The lowest BCUT2D eigenvalue weighted by atomic mass is 10.3. The molecule has 0 aliphatic heterocycles. The van der Waals surface area contributed by atoms with Gasteiger partial charge in [-0.1, -0.05) is 6.07 Å². The van der Waals surface area contributed by atoms with Crippen LogP contribution in [0.15, 0.2) is 30.6 Å². The minimum absolute atomic E-state index is 0.0888. The number of rotatable bonds is 4. The Hall–Kier alpha value is -2.97. The zero-order chi connectivity index (χ0) is 15.4. The van der Waals surface area contributed by atoms with Crippen molar-refractivity contribution in [2.75, 3.05) is 5.32 Å². The zero-order valence-corrected chi connectivity index (χ0v) is 11.5. The normalized spacial score (nSPS) is 11.7. The van der Waals surface area contributed by atoms with E-state index in [-0.39, 0.29) is 11.7 Å². The molecule has 0 saturated heterocycles. The van der Waals surface area contributed by atoms with Crippen LogP contribution in [0.4, 0.5) is 16.2 Å². The Morgan fingerprint density at radius 3 is 2.86 bits per heavy atom. The minimum Gasteiger partial charge on any atom is -0.328 e. The summed E-state index contributed by atoms with van der Waals surface area (Å²) in [6, 6.07) is 4.87. The molecule has 2 aromatic rings. The predicted octanol–water partition coefficient (Wildman–Crippen LogP) is 1.61. The van der Waals surface area contributed by atoms with E-state index in [1.54, 1.807) is 24.6 Å². The predicted molar refractivity (Wildman–Crippen MR) is 74.7 cm³/mol. The number of hydrogen-bond donors (Lipinski definition) is 2. The second kappa shape index (κ2) is 5.99. The molecule has 0 fully saturated rings. The highest BCUT2D eigenvalue weighted by Gasteiger charge is 2.14. The van der Waals surface area contributed by atoms with Crippen molar-refractivity contribution in [3.05, 3.63) is 46.5 Å². The Bertz CT molecular complexity index is 669. The van der Waals surface area contributed by atoms with Gasteiger partial charge in [-0.05, 0) is 13.0 Å². The highest BCUT2D eigenvalue weighted by atomic mass is 16.6. The largest absolute Gasteiger partial charge is 0.328 e. The molecule has 9 nitrogen and oxygen atoms in total. The molecule has 1 aromatic heterocycles. The number of carbonyl (C=O) groups excluding carboxylic acids is 1. The third-order valence-corrected chi connectivity index (χ3v) is 2.80. The van der Waals surface area contributed by atoms with Crippen LogP contribution in [-0.2, 0) is 7.05 Å². The van der Waals surface area contributed by atoms with Crippen molar-refractivity contribution in [2.24, 2.45) is 7.05 Å². The van der Waals surface area contributed by atoms with E-state index in [1.807, 2.05) is 0 Å². The molecule has 110 valence electrons. The average Bonchev–Trinajstić information content (AvgIpc) is 2.85. The molecule has 1 heterocycles. The molecule has 0 radical (unpaired) electrons. The van der Waals surface area contributed by atoms with Crippen molar-refractivity contribution >= 4 is 17.4 Å². The number of nitro benzene ring substituents is 1. The maximum Gasteiger partial charge on any atom is 0.319 e. The fraction of sp³-hybridized carbons (Fsp3) is 0.250. The van der Waals surface area contributed by atoms with Crippen molar-refractivity contribution in [3.63, 3.8) is 0 Å². The Labute approximate surface area is 120 Å². The first-order valence-corrected chi connectivity index (χ1v) is 6.13. The van der Waals surface area contributed by atoms with Crippen LogP contribution in [0, 0.1) is 10.1 Å². The van der Waals surface area contributed by atoms with Gasteiger partial charge in [0.1, 0.15) is 6.33 Å². The van der Waals surface area contributed by atoms with E-state index < -0.39 is 11.0 Å². The van der Waals surface area contributed by atoms with E-state index in [0.717, 1.165) is 0 Å². The summed E-state index contributed by atoms with van der Waals surface area (Å²) < 4.78 is 1.69. The number of nitrogens with zero attached hydrogens (tertiary/aromatic N) is 4. The molecular weight excluding hydrogens is 276 g/mol. The lowest BCUT2D eigenvalue weighted by Gasteiger charge is -2.13. The third kappa shape index (κ3) is 3.53. The van der Waals surface area contributed by atoms with Gasteiger partial charge < -0.3 is 15.2 Å². The van der Waals surface area contributed by atoms with Crippen LogP contribution in [-0.4, -0.2) is 25.7 Å². The van der Waals surface area contributed by atoms with Crippen molar-refractivity contribution < 1.29 is 9.72 Å². The van der Waals surface area contributed by atoms with E-state index in [4.69, 9.17) is 0 Å². The molecular formula is C12H14N6O3. The van der Waals surface area contributed by atoms with E-state index in [0.29, 0.717) is 11.5 Å². The molecule has 1 aromatic carbocycles. The number of nitrogens with one attached hydrogen (secondary N) is 2. The molecule has 1 atom stereocenters. The van der Waals surface area contributed by atoms with Crippen LogP contribution in [0.2, 0.25) is 0 Å². The topological polar surface area (TPSA) is 115 Å². The van der Waals surface area contributed by atoms with Gasteiger partial charge in [-0.25, -0.2) is 4.79 Å². The number of amides is 2. The van der Waals surface area contributed by atoms with Crippen LogP contribution < -0.4 is 10.6 Å². The lowest BCUT2D eigenvalue weighted by Crippen LogP contribution is -2.32. The van der Waals surface area contributed by atoms with Crippen LogP contribution in [0.1, 0.15) is 18.8 Å². The average molecular weight is 290 g/mol. The first-order valence-electron chi connectivity index (χ1n) is 6.13. The van der Waals surface area contributed by atoms with Gasteiger partial charge in [-0.15, -0.1) is 10.2 Å². The van der Waals surface area contributed by atoms with Crippen LogP contribution >= 0.6 is 0 Å². The first-order chi connectivity index (χ1) is 9.97. The minimum atomic E-state index is -0.523.